The first-order valence-electron chi connectivity index (χ1n) is 11.8. The summed E-state index contributed by atoms with van der Waals surface area (Å²) in [6, 6.07) is 7.56. The van der Waals surface area contributed by atoms with Gasteiger partial charge >= 0.3 is 0 Å². The van der Waals surface area contributed by atoms with E-state index in [9.17, 15) is 0 Å². The third kappa shape index (κ3) is 5.65. The molecule has 0 amide bonds. The number of fused-ring (bicyclic) bond motifs is 1. The van der Waals surface area contributed by atoms with E-state index in [0.717, 1.165) is 16.4 Å². The van der Waals surface area contributed by atoms with E-state index >= 15 is 0 Å². The van der Waals surface area contributed by atoms with Gasteiger partial charge in [0.15, 0.2) is 0 Å². The number of hydrogen-bond acceptors (Lipinski definition) is 9. The Balaban J connectivity index is 1.42. The Kier molecular flexibility index (Phi) is 8.22. The van der Waals surface area contributed by atoms with Crippen LogP contribution in [0.1, 0.15) is 26.7 Å². The summed E-state index contributed by atoms with van der Waals surface area (Å²) in [5.74, 6) is 2.19. The highest BCUT2D eigenvalue weighted by atomic mass is 32.2. The Labute approximate surface area is 220 Å². The van der Waals surface area contributed by atoms with Crippen LogP contribution in [0.15, 0.2) is 80.9 Å². The molecule has 0 aromatic rings. The van der Waals surface area contributed by atoms with Crippen LogP contribution in [0.2, 0.25) is 0 Å². The van der Waals surface area contributed by atoms with Gasteiger partial charge in [0, 0.05) is 12.8 Å². The van der Waals surface area contributed by atoms with Crippen LogP contribution in [0, 0.1) is 45.3 Å². The fourth-order valence-electron chi connectivity index (χ4n) is 4.22. The van der Waals surface area contributed by atoms with Crippen LogP contribution in [0.5, 0.6) is 0 Å². The van der Waals surface area contributed by atoms with Gasteiger partial charge in [0.1, 0.15) is 77.6 Å². The topological polar surface area (TPSA) is 132 Å². The van der Waals surface area contributed by atoms with E-state index in [2.05, 4.69) is 0 Å². The molecule has 4 rings (SSSR count). The fourth-order valence-corrected chi connectivity index (χ4v) is 5.67. The van der Waals surface area contributed by atoms with Crippen LogP contribution in [0.4, 0.5) is 0 Å². The molecule has 0 aromatic heterocycles. The fraction of sp³-hybridized carbons (Fsp3) is 0.357. The molecular weight excluding hydrogens is 488 g/mol. The van der Waals surface area contributed by atoms with E-state index < -0.39 is 0 Å². The molecule has 0 spiro atoms. The van der Waals surface area contributed by atoms with E-state index in [1.807, 2.05) is 42.5 Å². The van der Waals surface area contributed by atoms with Gasteiger partial charge in [-0.2, -0.15) is 21.0 Å². The van der Waals surface area contributed by atoms with Gasteiger partial charge < -0.3 is 18.9 Å². The summed E-state index contributed by atoms with van der Waals surface area (Å²) in [4.78, 5) is 0.909. The molecule has 37 heavy (non-hydrogen) atoms. The van der Waals surface area contributed by atoms with Crippen molar-refractivity contribution in [3.05, 3.63) is 80.9 Å². The lowest BCUT2D eigenvalue weighted by Gasteiger charge is -2.29. The molecule has 4 aliphatic rings. The average molecular weight is 513 g/mol. The van der Waals surface area contributed by atoms with Gasteiger partial charge in [-0.3, -0.25) is 0 Å². The maximum Gasteiger partial charge on any atom is 0.143 e. The van der Waals surface area contributed by atoms with Crippen molar-refractivity contribution in [2.75, 3.05) is 13.2 Å². The van der Waals surface area contributed by atoms with Gasteiger partial charge in [0.05, 0.1) is 16.8 Å². The van der Waals surface area contributed by atoms with Crippen molar-refractivity contribution in [2.24, 2.45) is 0 Å². The second kappa shape index (κ2) is 11.7. The number of allylic oxidation sites excluding steroid dienone is 7. The molecule has 4 aliphatic heterocycles. The van der Waals surface area contributed by atoms with E-state index in [4.69, 9.17) is 40.0 Å². The van der Waals surface area contributed by atoms with Crippen molar-refractivity contribution < 1.29 is 18.9 Å². The standard InChI is InChI=1S/C28H24N4O4S/c1-17(19(13-29)14-30)3-5-21-7-9-23(35-21)27-25-26(34-12-11-33-25)28(37-27)24-10-8-22(36-24)6-4-18(2)20(15-31)16-32/h3-7,10,22-23,25,27H,8-9,11-12H2,1-2H3/b5-3+,6-4+. The first-order chi connectivity index (χ1) is 18.0. The lowest BCUT2D eigenvalue weighted by atomic mass is 10.1. The molecule has 0 aromatic carbocycles. The second-order valence-electron chi connectivity index (χ2n) is 8.63. The van der Waals surface area contributed by atoms with Crippen molar-refractivity contribution in [2.45, 2.75) is 50.3 Å². The van der Waals surface area contributed by atoms with Crippen molar-refractivity contribution in [1.29, 1.82) is 21.0 Å². The lowest BCUT2D eigenvalue weighted by molar-refractivity contribution is -0.0538. The molecule has 9 heteroatoms. The van der Waals surface area contributed by atoms with Gasteiger partial charge in [-0.25, -0.2) is 0 Å². The maximum absolute atomic E-state index is 9.03. The largest absolute Gasteiger partial charge is 0.491 e. The molecule has 0 aliphatic carbocycles. The summed E-state index contributed by atoms with van der Waals surface area (Å²) in [7, 11) is 0. The third-order valence-electron chi connectivity index (χ3n) is 6.21. The molecule has 1 saturated heterocycles. The molecule has 8 nitrogen and oxygen atoms in total. The SMILES string of the molecule is CC(/C=C/C1=CCC(C2SC(C3=CCC(/C=C/C(C)=C(C#N)C#N)O3)=C3OCCOC32)O1)=C(C#N)C#N. The van der Waals surface area contributed by atoms with Crippen LogP contribution in [-0.4, -0.2) is 36.8 Å². The predicted octanol–water partition coefficient (Wildman–Crippen LogP) is 4.91. The zero-order valence-electron chi connectivity index (χ0n) is 20.4. The van der Waals surface area contributed by atoms with Gasteiger partial charge in [-0.1, -0.05) is 12.2 Å². The summed E-state index contributed by atoms with van der Waals surface area (Å²) in [5.41, 5.74) is 1.34. The van der Waals surface area contributed by atoms with Gasteiger partial charge in [-0.05, 0) is 49.3 Å². The molecule has 4 heterocycles. The molecule has 4 atom stereocenters. The molecule has 4 unspecified atom stereocenters. The predicted molar refractivity (Wildman–Crippen MR) is 135 cm³/mol. The minimum absolute atomic E-state index is 0.0315. The Morgan fingerprint density at radius 1 is 0.919 bits per heavy atom. The quantitative estimate of drug-likeness (QED) is 0.359. The highest BCUT2D eigenvalue weighted by molar-refractivity contribution is 8.04. The molecule has 0 radical (unpaired) electrons. The number of rotatable bonds is 6. The third-order valence-corrected chi connectivity index (χ3v) is 7.67. The maximum atomic E-state index is 9.03. The number of ether oxygens (including phenoxy) is 4. The van der Waals surface area contributed by atoms with Crippen LogP contribution < -0.4 is 0 Å². The highest BCUT2D eigenvalue weighted by Gasteiger charge is 2.47. The molecule has 0 N–H and O–H groups in total. The number of thioether (sulfide) groups is 1. The molecular formula is C28H24N4O4S. The smallest absolute Gasteiger partial charge is 0.143 e. The summed E-state index contributed by atoms with van der Waals surface area (Å²) >= 11 is 1.63. The molecule has 1 fully saturated rings. The lowest BCUT2D eigenvalue weighted by Crippen LogP contribution is -2.38. The van der Waals surface area contributed by atoms with Gasteiger partial charge in [0.2, 0.25) is 0 Å². The van der Waals surface area contributed by atoms with E-state index in [1.165, 1.54) is 0 Å². The van der Waals surface area contributed by atoms with Crippen LogP contribution in [0.3, 0.4) is 0 Å². The van der Waals surface area contributed by atoms with Crippen molar-refractivity contribution in [3.8, 4) is 24.3 Å². The minimum Gasteiger partial charge on any atom is -0.491 e. The second-order valence-corrected chi connectivity index (χ2v) is 9.82. The van der Waals surface area contributed by atoms with Crippen LogP contribution in [-0.2, 0) is 18.9 Å². The first kappa shape index (κ1) is 25.9. The Bertz CT molecular complexity index is 1320. The summed E-state index contributed by atoms with van der Waals surface area (Å²) < 4.78 is 24.5. The van der Waals surface area contributed by atoms with Crippen molar-refractivity contribution in [3.63, 3.8) is 0 Å². The van der Waals surface area contributed by atoms with Crippen LogP contribution >= 0.6 is 11.8 Å². The summed E-state index contributed by atoms with van der Waals surface area (Å²) in [6.45, 7) is 4.41. The molecule has 186 valence electrons. The van der Waals surface area contributed by atoms with E-state index in [1.54, 1.807) is 43.8 Å². The number of nitrogens with zero attached hydrogens (tertiary/aromatic N) is 4. The summed E-state index contributed by atoms with van der Waals surface area (Å²) in [6.07, 6.45) is 11.9. The van der Waals surface area contributed by atoms with Crippen molar-refractivity contribution in [1.82, 2.24) is 0 Å². The Morgan fingerprint density at radius 3 is 2.32 bits per heavy atom. The van der Waals surface area contributed by atoms with E-state index in [0.29, 0.717) is 43.0 Å². The number of nitriles is 4. The molecule has 0 bridgehead atoms. The van der Waals surface area contributed by atoms with Gasteiger partial charge in [0.25, 0.3) is 0 Å². The average Bonchev–Trinajstić information content (AvgIpc) is 3.66. The van der Waals surface area contributed by atoms with Crippen molar-refractivity contribution >= 4 is 11.8 Å². The number of hydrogen-bond donors (Lipinski definition) is 0. The summed E-state index contributed by atoms with van der Waals surface area (Å²) in [5, 5.41) is 36.1. The Morgan fingerprint density at radius 2 is 1.62 bits per heavy atom. The van der Waals surface area contributed by atoms with E-state index in [-0.39, 0.29) is 34.7 Å². The first-order valence-corrected chi connectivity index (χ1v) is 12.6. The zero-order chi connectivity index (χ0) is 26.4. The molecule has 0 saturated carbocycles. The zero-order valence-corrected chi connectivity index (χ0v) is 21.2. The van der Waals surface area contributed by atoms with Gasteiger partial charge in [-0.15, -0.1) is 11.8 Å². The Hall–Kier alpha value is -4.15. The minimum atomic E-state index is -0.251. The van der Waals surface area contributed by atoms with Crippen LogP contribution in [0.25, 0.3) is 0 Å². The normalized spacial score (nSPS) is 26.0. The highest BCUT2D eigenvalue weighted by Crippen LogP contribution is 2.50. The monoisotopic (exact) mass is 512 g/mol.